The molecule has 0 aromatic rings. The van der Waals surface area contributed by atoms with Crippen molar-refractivity contribution in [3.8, 4) is 0 Å². The van der Waals surface area contributed by atoms with Crippen LogP contribution >= 0.6 is 0 Å². The molecular weight excluding hydrogens is 354 g/mol. The van der Waals surface area contributed by atoms with Crippen LogP contribution in [-0.2, 0) is 55.6 Å². The second-order valence-corrected chi connectivity index (χ2v) is 3.44. The van der Waals surface area contributed by atoms with Crippen molar-refractivity contribution in [1.82, 2.24) is 10.5 Å². The van der Waals surface area contributed by atoms with Gasteiger partial charge in [0.2, 0.25) is 0 Å². The number of hydrogen-bond acceptors (Lipinski definition) is 10. The zero-order chi connectivity index (χ0) is 15.7. The van der Waals surface area contributed by atoms with E-state index in [1.165, 1.54) is 0 Å². The summed E-state index contributed by atoms with van der Waals surface area (Å²) in [5.41, 5.74) is 0. The van der Waals surface area contributed by atoms with Crippen molar-refractivity contribution < 1.29 is 55.6 Å². The number of rotatable bonds is 7. The Kier molecular flexibility index (Phi) is 16.6. The number of carbonyl (C=O) groups is 4. The first-order chi connectivity index (χ1) is 9.20. The monoisotopic (exact) mass is 371 g/mol. The molecule has 0 rings (SSSR count). The van der Waals surface area contributed by atoms with Crippen LogP contribution in [0.1, 0.15) is 27.7 Å². The third-order valence-electron chi connectivity index (χ3n) is 1.39. The molecule has 12 heteroatoms. The van der Waals surface area contributed by atoms with Crippen LogP contribution < -0.4 is 0 Å². The van der Waals surface area contributed by atoms with Crippen LogP contribution in [0, 0.1) is 0 Å². The predicted molar refractivity (Wildman–Crippen MR) is 67.6 cm³/mol. The summed E-state index contributed by atoms with van der Waals surface area (Å²) in [6.45, 7) is 3.97. The van der Waals surface area contributed by atoms with Gasteiger partial charge in [0, 0.05) is 55.2 Å². The summed E-state index contributed by atoms with van der Waals surface area (Å²) in [7, 11) is 0. The molecule has 10 nitrogen and oxygen atoms in total. The number of carbonyl (C=O) groups excluding carboxylic acids is 4. The molecule has 0 N–H and O–H groups in total. The van der Waals surface area contributed by atoms with Gasteiger partial charge in [0.25, 0.3) is 0 Å². The van der Waals surface area contributed by atoms with Gasteiger partial charge in [0.1, 0.15) is 0 Å². The van der Waals surface area contributed by atoms with Crippen LogP contribution in [0.5, 0.6) is 0 Å². The molecule has 0 aliphatic carbocycles. The summed E-state index contributed by atoms with van der Waals surface area (Å²) in [5.74, 6) is -2.90. The molecule has 0 aromatic carbocycles. The third kappa shape index (κ3) is 15.7. The number of nitrogens with zero attached hydrogens (tertiary/aromatic N) is 2. The van der Waals surface area contributed by atoms with Crippen molar-refractivity contribution in [3.63, 3.8) is 0 Å². The van der Waals surface area contributed by atoms with E-state index in [0.29, 0.717) is 10.5 Å². The van der Waals surface area contributed by atoms with E-state index in [1.54, 1.807) is 0 Å². The summed E-state index contributed by atoms with van der Waals surface area (Å²) in [5, 5.41) is 1.15. The Morgan fingerprint density at radius 3 is 0.955 bits per heavy atom. The zero-order valence-corrected chi connectivity index (χ0v) is 13.1. The average Bonchev–Trinajstić information content (AvgIpc) is 2.22. The molecule has 22 heavy (non-hydrogen) atoms. The molecule has 0 saturated heterocycles. The predicted octanol–water partition coefficient (Wildman–Crippen LogP) is -1.15. The minimum absolute atomic E-state index is 0. The summed E-state index contributed by atoms with van der Waals surface area (Å²) >= 11 is 0. The zero-order valence-electron chi connectivity index (χ0n) is 12.0. The van der Waals surface area contributed by atoms with Crippen molar-refractivity contribution in [1.29, 1.82) is 0 Å². The minimum atomic E-state index is -0.724. The van der Waals surface area contributed by atoms with E-state index in [4.69, 9.17) is 0 Å². The molecule has 0 heterocycles. The van der Waals surface area contributed by atoms with Crippen molar-refractivity contribution >= 4 is 53.4 Å². The van der Waals surface area contributed by atoms with Crippen LogP contribution in [0.2, 0.25) is 0 Å². The van der Waals surface area contributed by atoms with Gasteiger partial charge in [-0.05, 0) is 0 Å². The average molecular weight is 371 g/mol. The van der Waals surface area contributed by atoms with Gasteiger partial charge in [-0.1, -0.05) is 0 Å². The van der Waals surface area contributed by atoms with E-state index < -0.39 is 23.9 Å². The molecule has 0 atom stereocenters. The Hall–Kier alpha value is -0.681. The molecule has 0 fully saturated rings. The van der Waals surface area contributed by atoms with Gasteiger partial charge < -0.3 is 19.4 Å². The van der Waals surface area contributed by atoms with E-state index in [9.17, 15) is 19.2 Å². The van der Waals surface area contributed by atoms with E-state index in [0.717, 1.165) is 27.7 Å². The first-order valence-corrected chi connectivity index (χ1v) is 5.50. The molecule has 0 amide bonds. The maximum absolute atomic E-state index is 10.8. The molecule has 0 aromatic heterocycles. The Bertz CT molecular complexity index is 327. The Labute approximate surface area is 159 Å². The standard InChI is InChI=1S/C10H16N2O8.Mn.Na.H/c1-7(13)17-11(18-8(2)14)5-6-12(19-9(3)15)20-10(4)16;;;/h5-6H2,1-4H3;;;. The summed E-state index contributed by atoms with van der Waals surface area (Å²) < 4.78 is 0. The van der Waals surface area contributed by atoms with E-state index in [2.05, 4.69) is 19.4 Å². The molecule has 0 spiro atoms. The number of hydroxylamine groups is 4. The van der Waals surface area contributed by atoms with Gasteiger partial charge in [-0.25, -0.2) is 0 Å². The Morgan fingerprint density at radius 2 is 0.818 bits per heavy atom. The normalized spacial score (nSPS) is 9.18. The van der Waals surface area contributed by atoms with Gasteiger partial charge in [-0.15, -0.1) is 0 Å². The van der Waals surface area contributed by atoms with Crippen molar-refractivity contribution in [2.45, 2.75) is 27.7 Å². The molecular formula is C10H17MnN2NaO8. The summed E-state index contributed by atoms with van der Waals surface area (Å²) in [6, 6.07) is 0. The summed E-state index contributed by atoms with van der Waals surface area (Å²) in [4.78, 5) is 61.4. The van der Waals surface area contributed by atoms with Crippen molar-refractivity contribution in [2.24, 2.45) is 0 Å². The Morgan fingerprint density at radius 1 is 0.636 bits per heavy atom. The van der Waals surface area contributed by atoms with Gasteiger partial charge in [0.05, 0.1) is 13.1 Å². The second kappa shape index (κ2) is 13.9. The fraction of sp³-hybridized carbons (Fsp3) is 0.600. The third-order valence-corrected chi connectivity index (χ3v) is 1.39. The molecule has 0 saturated carbocycles. The van der Waals surface area contributed by atoms with E-state index in [1.807, 2.05) is 0 Å². The Balaban J connectivity index is -0.00000180. The molecule has 123 valence electrons. The molecule has 0 bridgehead atoms. The van der Waals surface area contributed by atoms with Crippen LogP contribution in [0.3, 0.4) is 0 Å². The van der Waals surface area contributed by atoms with Gasteiger partial charge in [0.15, 0.2) is 0 Å². The van der Waals surface area contributed by atoms with Crippen LogP contribution in [0.15, 0.2) is 0 Å². The fourth-order valence-corrected chi connectivity index (χ4v) is 0.957. The molecule has 0 aliphatic heterocycles. The summed E-state index contributed by atoms with van der Waals surface area (Å²) in [6.07, 6.45) is 0. The van der Waals surface area contributed by atoms with Gasteiger partial charge in [-0.3, -0.25) is 19.2 Å². The topological polar surface area (TPSA) is 112 Å². The quantitative estimate of drug-likeness (QED) is 0.402. The molecule has 0 unspecified atom stereocenters. The first-order valence-electron chi connectivity index (χ1n) is 5.50. The van der Waals surface area contributed by atoms with Crippen LogP contribution in [0.25, 0.3) is 0 Å². The van der Waals surface area contributed by atoms with Gasteiger partial charge >= 0.3 is 53.4 Å². The van der Waals surface area contributed by atoms with Crippen molar-refractivity contribution in [3.05, 3.63) is 0 Å². The molecule has 0 aliphatic rings. The van der Waals surface area contributed by atoms with Crippen molar-refractivity contribution in [2.75, 3.05) is 13.1 Å². The SMILES string of the molecule is CC(=O)ON(CCN(OC(C)=O)OC(C)=O)OC(C)=O.[Mn].[NaH]. The first kappa shape index (κ1) is 26.2. The second-order valence-electron chi connectivity index (χ2n) is 3.44. The van der Waals surface area contributed by atoms with E-state index >= 15 is 0 Å². The number of hydrogen-bond donors (Lipinski definition) is 0. The maximum atomic E-state index is 10.8. The molecule has 1 radical (unpaired) electrons. The van der Waals surface area contributed by atoms with Crippen LogP contribution in [-0.4, -0.2) is 77.0 Å². The fourth-order valence-electron chi connectivity index (χ4n) is 0.957. The van der Waals surface area contributed by atoms with Gasteiger partial charge in [-0.2, -0.15) is 0 Å². The van der Waals surface area contributed by atoms with E-state index in [-0.39, 0.29) is 59.7 Å². The van der Waals surface area contributed by atoms with Crippen LogP contribution in [0.4, 0.5) is 0 Å².